The van der Waals surface area contributed by atoms with Gasteiger partial charge in [0.1, 0.15) is 13.2 Å². The Morgan fingerprint density at radius 2 is 2.10 bits per heavy atom. The molecule has 0 spiro atoms. The third-order valence-corrected chi connectivity index (χ3v) is 4.69. The normalized spacial score (nSPS) is 25.7. The van der Waals surface area contributed by atoms with E-state index in [1.807, 2.05) is 19.2 Å². The Morgan fingerprint density at radius 1 is 1.33 bits per heavy atom. The second-order valence-electron chi connectivity index (χ2n) is 5.53. The number of rotatable bonds is 1. The summed E-state index contributed by atoms with van der Waals surface area (Å²) in [7, 11) is 1.82. The molecule has 2 unspecified atom stereocenters. The maximum atomic E-state index is 12.1. The lowest BCUT2D eigenvalue weighted by Gasteiger charge is -2.32. The van der Waals surface area contributed by atoms with Crippen LogP contribution >= 0.6 is 15.9 Å². The van der Waals surface area contributed by atoms with Gasteiger partial charge in [-0.25, -0.2) is 0 Å². The average Bonchev–Trinajstić information content (AvgIpc) is 2.58. The Morgan fingerprint density at radius 3 is 2.90 bits per heavy atom. The number of hydrogen-bond donors (Lipinski definition) is 1. The lowest BCUT2D eigenvalue weighted by atomic mass is 9.96. The van der Waals surface area contributed by atoms with E-state index in [0.717, 1.165) is 28.6 Å². The molecule has 2 aliphatic heterocycles. The molecule has 1 aromatic rings. The molecule has 6 heteroatoms. The summed E-state index contributed by atoms with van der Waals surface area (Å²) >= 11 is 3.52. The van der Waals surface area contributed by atoms with Gasteiger partial charge in [-0.05, 0) is 46.5 Å². The zero-order chi connectivity index (χ0) is 15.0. The van der Waals surface area contributed by atoms with E-state index in [0.29, 0.717) is 25.4 Å². The highest BCUT2D eigenvalue weighted by Gasteiger charge is 2.32. The molecule has 1 saturated heterocycles. The number of carbonyl (C=O) groups is 1. The Hall–Kier alpha value is -1.27. The van der Waals surface area contributed by atoms with Crippen LogP contribution in [0.2, 0.25) is 0 Å². The Balaban J connectivity index is 2.01. The number of hydrogen-bond acceptors (Lipinski definition) is 4. The van der Waals surface area contributed by atoms with Crippen molar-refractivity contribution < 1.29 is 14.3 Å². The van der Waals surface area contributed by atoms with Crippen LogP contribution in [0.15, 0.2) is 16.6 Å². The zero-order valence-electron chi connectivity index (χ0n) is 12.0. The number of nitrogens with zero attached hydrogens (tertiary/aromatic N) is 1. The maximum absolute atomic E-state index is 12.1. The highest BCUT2D eigenvalue weighted by molar-refractivity contribution is 9.10. The number of fused-ring (bicyclic) bond motifs is 1. The Labute approximate surface area is 132 Å². The highest BCUT2D eigenvalue weighted by atomic mass is 79.9. The van der Waals surface area contributed by atoms with Crippen molar-refractivity contribution in [3.8, 4) is 11.5 Å². The van der Waals surface area contributed by atoms with Crippen LogP contribution < -0.4 is 15.2 Å². The standard InChI is InChI=1S/C15H19BrN2O3/c1-18-13(19)4-2-3-11(17)14(18)9-7-10(16)15-12(8-9)20-5-6-21-15/h7-8,11,14H,2-6,17H2,1H3. The Kier molecular flexibility index (Phi) is 4.08. The molecular formula is C15H19BrN2O3. The van der Waals surface area contributed by atoms with Crippen LogP contribution in [-0.2, 0) is 4.79 Å². The quantitative estimate of drug-likeness (QED) is 0.839. The number of likely N-dealkylation sites (tertiary alicyclic amines) is 1. The first kappa shape index (κ1) is 14.7. The molecule has 1 aromatic carbocycles. The van der Waals surface area contributed by atoms with Crippen molar-refractivity contribution in [2.24, 2.45) is 5.73 Å². The molecule has 5 nitrogen and oxygen atoms in total. The second kappa shape index (κ2) is 5.85. The van der Waals surface area contributed by atoms with Gasteiger partial charge < -0.3 is 20.1 Å². The first-order chi connectivity index (χ1) is 10.1. The molecular weight excluding hydrogens is 336 g/mol. The van der Waals surface area contributed by atoms with Gasteiger partial charge in [0, 0.05) is 19.5 Å². The fourth-order valence-corrected chi connectivity index (χ4v) is 3.61. The summed E-state index contributed by atoms with van der Waals surface area (Å²) in [6.45, 7) is 1.08. The molecule has 2 aliphatic rings. The van der Waals surface area contributed by atoms with Crippen molar-refractivity contribution in [1.29, 1.82) is 0 Å². The van der Waals surface area contributed by atoms with E-state index in [4.69, 9.17) is 15.2 Å². The van der Waals surface area contributed by atoms with Crippen molar-refractivity contribution in [3.05, 3.63) is 22.2 Å². The molecule has 114 valence electrons. The monoisotopic (exact) mass is 354 g/mol. The van der Waals surface area contributed by atoms with Gasteiger partial charge >= 0.3 is 0 Å². The predicted octanol–water partition coefficient (Wildman–Crippen LogP) is 2.23. The van der Waals surface area contributed by atoms with E-state index in [1.54, 1.807) is 4.90 Å². The van der Waals surface area contributed by atoms with Crippen LogP contribution in [-0.4, -0.2) is 37.1 Å². The number of nitrogens with two attached hydrogens (primary N) is 1. The van der Waals surface area contributed by atoms with Gasteiger partial charge in [0.25, 0.3) is 0 Å². The molecule has 2 N–H and O–H groups in total. The van der Waals surface area contributed by atoms with E-state index < -0.39 is 0 Å². The van der Waals surface area contributed by atoms with Gasteiger partial charge in [-0.15, -0.1) is 0 Å². The van der Waals surface area contributed by atoms with Gasteiger partial charge in [0.2, 0.25) is 5.91 Å². The molecule has 0 bridgehead atoms. The lowest BCUT2D eigenvalue weighted by Crippen LogP contribution is -2.39. The first-order valence-corrected chi connectivity index (χ1v) is 7.97. The topological polar surface area (TPSA) is 64.8 Å². The largest absolute Gasteiger partial charge is 0.486 e. The second-order valence-corrected chi connectivity index (χ2v) is 6.39. The fraction of sp³-hybridized carbons (Fsp3) is 0.533. The smallest absolute Gasteiger partial charge is 0.222 e. The van der Waals surface area contributed by atoms with E-state index in [2.05, 4.69) is 15.9 Å². The average molecular weight is 355 g/mol. The van der Waals surface area contributed by atoms with Crippen molar-refractivity contribution in [1.82, 2.24) is 4.90 Å². The minimum Gasteiger partial charge on any atom is -0.486 e. The molecule has 1 fully saturated rings. The molecule has 0 saturated carbocycles. The number of carbonyl (C=O) groups excluding carboxylic acids is 1. The van der Waals surface area contributed by atoms with Crippen molar-refractivity contribution in [2.45, 2.75) is 31.3 Å². The van der Waals surface area contributed by atoms with Crippen LogP contribution in [0.1, 0.15) is 30.9 Å². The summed E-state index contributed by atoms with van der Waals surface area (Å²) < 4.78 is 12.1. The van der Waals surface area contributed by atoms with Gasteiger partial charge in [0.05, 0.1) is 10.5 Å². The van der Waals surface area contributed by atoms with Gasteiger partial charge in [-0.3, -0.25) is 4.79 Å². The van der Waals surface area contributed by atoms with Crippen molar-refractivity contribution in [2.75, 3.05) is 20.3 Å². The van der Waals surface area contributed by atoms with Crippen LogP contribution in [0, 0.1) is 0 Å². The number of likely N-dealkylation sites (N-methyl/N-ethyl adjacent to an activating group) is 1. The first-order valence-electron chi connectivity index (χ1n) is 7.18. The van der Waals surface area contributed by atoms with Gasteiger partial charge in [-0.2, -0.15) is 0 Å². The number of benzene rings is 1. The molecule has 0 aliphatic carbocycles. The van der Waals surface area contributed by atoms with E-state index in [-0.39, 0.29) is 18.0 Å². The molecule has 2 heterocycles. The summed E-state index contributed by atoms with van der Waals surface area (Å²) in [6.07, 6.45) is 2.24. The predicted molar refractivity (Wildman–Crippen MR) is 82.5 cm³/mol. The van der Waals surface area contributed by atoms with Crippen LogP contribution in [0.5, 0.6) is 11.5 Å². The number of ether oxygens (including phenoxy) is 2. The summed E-state index contributed by atoms with van der Waals surface area (Å²) in [5, 5.41) is 0. The molecule has 2 atom stereocenters. The van der Waals surface area contributed by atoms with E-state index in [1.165, 1.54) is 0 Å². The maximum Gasteiger partial charge on any atom is 0.222 e. The van der Waals surface area contributed by atoms with Crippen molar-refractivity contribution >= 4 is 21.8 Å². The SMILES string of the molecule is CN1C(=O)CCCC(N)C1c1cc(Br)c2c(c1)OCCO2. The zero-order valence-corrected chi connectivity index (χ0v) is 13.6. The Bertz CT molecular complexity index is 564. The van der Waals surface area contributed by atoms with Crippen LogP contribution in [0.4, 0.5) is 0 Å². The minimum absolute atomic E-state index is 0.0732. The molecule has 0 aromatic heterocycles. The molecule has 3 rings (SSSR count). The summed E-state index contributed by atoms with van der Waals surface area (Å²) in [5.74, 6) is 1.57. The summed E-state index contributed by atoms with van der Waals surface area (Å²) in [6, 6.07) is 3.72. The fourth-order valence-electron chi connectivity index (χ4n) is 3.04. The van der Waals surface area contributed by atoms with E-state index >= 15 is 0 Å². The molecule has 21 heavy (non-hydrogen) atoms. The third kappa shape index (κ3) is 2.74. The lowest BCUT2D eigenvalue weighted by molar-refractivity contribution is -0.131. The van der Waals surface area contributed by atoms with E-state index in [9.17, 15) is 4.79 Å². The molecule has 1 amide bonds. The van der Waals surface area contributed by atoms with Crippen LogP contribution in [0.3, 0.4) is 0 Å². The van der Waals surface area contributed by atoms with Crippen LogP contribution in [0.25, 0.3) is 0 Å². The minimum atomic E-state index is -0.132. The number of amides is 1. The molecule has 0 radical (unpaired) electrons. The van der Waals surface area contributed by atoms with Gasteiger partial charge in [0.15, 0.2) is 11.5 Å². The third-order valence-electron chi connectivity index (χ3n) is 4.10. The highest BCUT2D eigenvalue weighted by Crippen LogP contribution is 2.41. The van der Waals surface area contributed by atoms with Crippen molar-refractivity contribution in [3.63, 3.8) is 0 Å². The summed E-state index contributed by atoms with van der Waals surface area (Å²) in [5.41, 5.74) is 7.29. The van der Waals surface area contributed by atoms with Gasteiger partial charge in [-0.1, -0.05) is 0 Å². The number of halogens is 1. The summed E-state index contributed by atoms with van der Waals surface area (Å²) in [4.78, 5) is 13.9.